The molecular weight excluding hydrogens is 303 g/mol. The average Bonchev–Trinajstić information content (AvgIpc) is 2.35. The zero-order valence-corrected chi connectivity index (χ0v) is 11.8. The van der Waals surface area contributed by atoms with Crippen LogP contribution in [0.4, 0.5) is 13.2 Å². The predicted molar refractivity (Wildman–Crippen MR) is 72.8 cm³/mol. The first kappa shape index (κ1) is 17.9. The van der Waals surface area contributed by atoms with E-state index in [1.807, 2.05) is 0 Å². The van der Waals surface area contributed by atoms with Crippen LogP contribution in [0.5, 0.6) is 0 Å². The molecule has 1 amide bonds. The Morgan fingerprint density at radius 2 is 1.77 bits per heavy atom. The number of benzene rings is 1. The number of aliphatic hydroxyl groups is 2. The lowest BCUT2D eigenvalue weighted by molar-refractivity contribution is -0.358. The lowest BCUT2D eigenvalue weighted by Gasteiger charge is -2.28. The Morgan fingerprint density at radius 1 is 1.23 bits per heavy atom. The molecule has 0 atom stereocenters. The molecule has 0 saturated carbocycles. The van der Waals surface area contributed by atoms with Gasteiger partial charge >= 0.3 is 6.18 Å². The summed E-state index contributed by atoms with van der Waals surface area (Å²) in [6.07, 6.45) is -5.34. The second-order valence-electron chi connectivity index (χ2n) is 4.97. The van der Waals surface area contributed by atoms with Crippen molar-refractivity contribution in [3.05, 3.63) is 34.9 Å². The van der Waals surface area contributed by atoms with Crippen molar-refractivity contribution in [2.75, 3.05) is 0 Å². The van der Waals surface area contributed by atoms with E-state index in [0.29, 0.717) is 0 Å². The van der Waals surface area contributed by atoms with Crippen LogP contribution in [0.3, 0.4) is 0 Å². The van der Waals surface area contributed by atoms with Gasteiger partial charge < -0.3 is 21.7 Å². The van der Waals surface area contributed by atoms with Crippen LogP contribution in [0.1, 0.15) is 41.3 Å². The maximum Gasteiger partial charge on any atom is 0.447 e. The monoisotopic (exact) mass is 319 g/mol. The van der Waals surface area contributed by atoms with Gasteiger partial charge in [0, 0.05) is 11.1 Å². The molecule has 1 aromatic carbocycles. The third-order valence-electron chi connectivity index (χ3n) is 2.92. The lowest BCUT2D eigenvalue weighted by Crippen LogP contribution is -2.43. The number of hydrogen-bond donors (Lipinski definition) is 4. The van der Waals surface area contributed by atoms with Gasteiger partial charge in [0.05, 0.1) is 0 Å². The quantitative estimate of drug-likeness (QED) is 0.375. The second-order valence-corrected chi connectivity index (χ2v) is 4.97. The SMILES string of the molecule is CC(C)c1ccc(C(=O)N=C(N)N)cc1C(O)(O)C(F)(F)F. The summed E-state index contributed by atoms with van der Waals surface area (Å²) in [5.74, 6) is -6.09. The van der Waals surface area contributed by atoms with Crippen LogP contribution < -0.4 is 11.5 Å². The van der Waals surface area contributed by atoms with Crippen molar-refractivity contribution in [2.45, 2.75) is 31.7 Å². The van der Waals surface area contributed by atoms with E-state index in [2.05, 4.69) is 4.99 Å². The van der Waals surface area contributed by atoms with E-state index >= 15 is 0 Å². The number of rotatable bonds is 3. The van der Waals surface area contributed by atoms with E-state index in [1.54, 1.807) is 13.8 Å². The van der Waals surface area contributed by atoms with Crippen LogP contribution in [0, 0.1) is 0 Å². The summed E-state index contributed by atoms with van der Waals surface area (Å²) in [6.45, 7) is 3.14. The highest BCUT2D eigenvalue weighted by atomic mass is 19.4. The van der Waals surface area contributed by atoms with Crippen LogP contribution in [0.15, 0.2) is 23.2 Å². The second kappa shape index (κ2) is 5.93. The molecule has 6 N–H and O–H groups in total. The van der Waals surface area contributed by atoms with Crippen molar-refractivity contribution in [1.82, 2.24) is 0 Å². The van der Waals surface area contributed by atoms with Gasteiger partial charge in [-0.2, -0.15) is 18.2 Å². The Kier molecular flexibility index (Phi) is 4.83. The van der Waals surface area contributed by atoms with Crippen molar-refractivity contribution >= 4 is 11.9 Å². The minimum atomic E-state index is -5.34. The summed E-state index contributed by atoms with van der Waals surface area (Å²) in [7, 11) is 0. The highest BCUT2D eigenvalue weighted by Gasteiger charge is 2.55. The summed E-state index contributed by atoms with van der Waals surface area (Å²) < 4.78 is 38.6. The first-order valence-electron chi connectivity index (χ1n) is 6.17. The van der Waals surface area contributed by atoms with E-state index < -0.39 is 35.3 Å². The number of carbonyl (C=O) groups is 1. The molecule has 9 heteroatoms. The molecule has 0 bridgehead atoms. The number of guanidine groups is 1. The van der Waals surface area contributed by atoms with Crippen LogP contribution >= 0.6 is 0 Å². The third kappa shape index (κ3) is 3.55. The average molecular weight is 319 g/mol. The highest BCUT2D eigenvalue weighted by molar-refractivity contribution is 6.02. The van der Waals surface area contributed by atoms with Crippen molar-refractivity contribution in [3.8, 4) is 0 Å². The fraction of sp³-hybridized carbons (Fsp3) is 0.385. The summed E-state index contributed by atoms with van der Waals surface area (Å²) in [4.78, 5) is 14.9. The van der Waals surface area contributed by atoms with Crippen molar-refractivity contribution in [1.29, 1.82) is 0 Å². The van der Waals surface area contributed by atoms with Crippen molar-refractivity contribution < 1.29 is 28.2 Å². The number of aliphatic imine (C=N–C) groups is 1. The van der Waals surface area contributed by atoms with Gasteiger partial charge in [-0.25, -0.2) is 0 Å². The van der Waals surface area contributed by atoms with E-state index in [4.69, 9.17) is 11.5 Å². The molecule has 1 aromatic rings. The number of nitrogens with zero attached hydrogens (tertiary/aromatic N) is 1. The smallest absolute Gasteiger partial charge is 0.370 e. The van der Waals surface area contributed by atoms with Crippen LogP contribution in [-0.2, 0) is 5.79 Å². The summed E-state index contributed by atoms with van der Waals surface area (Å²) in [6, 6.07) is 3.13. The van der Waals surface area contributed by atoms with Crippen LogP contribution in [-0.4, -0.2) is 28.3 Å². The molecule has 0 radical (unpaired) electrons. The molecule has 0 unspecified atom stereocenters. The molecule has 0 aliphatic carbocycles. The van der Waals surface area contributed by atoms with Gasteiger partial charge in [0.1, 0.15) is 0 Å². The van der Waals surface area contributed by atoms with Gasteiger partial charge in [0.25, 0.3) is 11.7 Å². The zero-order chi connectivity index (χ0) is 17.3. The van der Waals surface area contributed by atoms with Crippen molar-refractivity contribution in [3.63, 3.8) is 0 Å². The Hall–Kier alpha value is -2.13. The normalized spacial score (nSPS) is 12.4. The number of halogens is 3. The van der Waals surface area contributed by atoms with E-state index in [9.17, 15) is 28.2 Å². The van der Waals surface area contributed by atoms with E-state index in [1.165, 1.54) is 12.1 Å². The molecule has 6 nitrogen and oxygen atoms in total. The van der Waals surface area contributed by atoms with Gasteiger partial charge in [-0.1, -0.05) is 19.9 Å². The number of amides is 1. The molecule has 0 aromatic heterocycles. The molecule has 1 rings (SSSR count). The standard InChI is InChI=1S/C13H16F3N3O3/c1-6(2)8-4-3-7(10(20)19-11(17)18)5-9(8)12(21,22)13(14,15)16/h3-6,21-22H,1-2H3,(H4,17,18,19,20). The zero-order valence-electron chi connectivity index (χ0n) is 11.8. The van der Waals surface area contributed by atoms with Crippen LogP contribution in [0.2, 0.25) is 0 Å². The fourth-order valence-corrected chi connectivity index (χ4v) is 1.83. The Bertz CT molecular complexity index is 606. The molecule has 0 heterocycles. The van der Waals surface area contributed by atoms with Crippen molar-refractivity contribution in [2.24, 2.45) is 16.5 Å². The number of alkyl halides is 3. The van der Waals surface area contributed by atoms with E-state index in [0.717, 1.165) is 6.07 Å². The maximum absolute atomic E-state index is 12.9. The minimum Gasteiger partial charge on any atom is -0.370 e. The highest BCUT2D eigenvalue weighted by Crippen LogP contribution is 2.40. The summed E-state index contributed by atoms with van der Waals surface area (Å²) >= 11 is 0. The molecule has 22 heavy (non-hydrogen) atoms. The third-order valence-corrected chi connectivity index (χ3v) is 2.92. The summed E-state index contributed by atoms with van der Waals surface area (Å²) in [5, 5.41) is 18.9. The van der Waals surface area contributed by atoms with Gasteiger partial charge in [-0.3, -0.25) is 4.79 Å². The molecular formula is C13H16F3N3O3. The molecule has 0 spiro atoms. The Labute approximate surface area is 124 Å². The van der Waals surface area contributed by atoms with Gasteiger partial charge in [0.15, 0.2) is 5.96 Å². The first-order valence-corrected chi connectivity index (χ1v) is 6.17. The largest absolute Gasteiger partial charge is 0.447 e. The van der Waals surface area contributed by atoms with Gasteiger partial charge in [0.2, 0.25) is 0 Å². The number of carbonyl (C=O) groups excluding carboxylic acids is 1. The van der Waals surface area contributed by atoms with Gasteiger partial charge in [-0.15, -0.1) is 0 Å². The predicted octanol–water partition coefficient (Wildman–Crippen LogP) is 0.923. The van der Waals surface area contributed by atoms with E-state index in [-0.39, 0.29) is 11.1 Å². The molecule has 0 fully saturated rings. The molecule has 0 aliphatic rings. The minimum absolute atomic E-state index is 0.0311. The first-order chi connectivity index (χ1) is 9.87. The molecule has 0 saturated heterocycles. The lowest BCUT2D eigenvalue weighted by atomic mass is 9.90. The summed E-state index contributed by atoms with van der Waals surface area (Å²) in [5.41, 5.74) is 8.95. The fourth-order valence-electron chi connectivity index (χ4n) is 1.83. The topological polar surface area (TPSA) is 122 Å². The Balaban J connectivity index is 3.53. The molecule has 122 valence electrons. The number of nitrogens with two attached hydrogens (primary N) is 2. The maximum atomic E-state index is 12.9. The van der Waals surface area contributed by atoms with Crippen LogP contribution in [0.25, 0.3) is 0 Å². The Morgan fingerprint density at radius 3 is 2.18 bits per heavy atom. The number of hydrogen-bond acceptors (Lipinski definition) is 3. The molecule has 0 aliphatic heterocycles. The van der Waals surface area contributed by atoms with Gasteiger partial charge in [-0.05, 0) is 23.6 Å².